The summed E-state index contributed by atoms with van der Waals surface area (Å²) in [6, 6.07) is 6.41. The Labute approximate surface area is 78.3 Å². The first kappa shape index (κ1) is 8.45. The third-order valence-electron chi connectivity index (χ3n) is 2.34. The van der Waals surface area contributed by atoms with Crippen molar-refractivity contribution in [2.24, 2.45) is 4.99 Å². The van der Waals surface area contributed by atoms with Crippen LogP contribution in [0.2, 0.25) is 0 Å². The molecule has 0 saturated heterocycles. The largest absolute Gasteiger partial charge is 0.370 e. The molecule has 0 saturated carbocycles. The Morgan fingerprint density at radius 1 is 1.31 bits per heavy atom. The maximum Gasteiger partial charge on any atom is 0.0894 e. The summed E-state index contributed by atoms with van der Waals surface area (Å²) in [7, 11) is 1.82. The summed E-state index contributed by atoms with van der Waals surface area (Å²) in [5.41, 5.74) is 4.85. The molecule has 2 rings (SSSR count). The van der Waals surface area contributed by atoms with E-state index in [1.165, 1.54) is 16.7 Å². The number of nitrogens with zero attached hydrogens (tertiary/aromatic N) is 1. The lowest BCUT2D eigenvalue weighted by atomic mass is 9.99. The van der Waals surface area contributed by atoms with Crippen molar-refractivity contribution in [1.82, 2.24) is 0 Å². The van der Waals surface area contributed by atoms with Gasteiger partial charge in [0.1, 0.15) is 0 Å². The fraction of sp³-hybridized carbons (Fsp3) is 0.364. The van der Waals surface area contributed by atoms with Crippen LogP contribution < -0.4 is 0 Å². The summed E-state index contributed by atoms with van der Waals surface area (Å²) in [6.07, 6.45) is 0. The van der Waals surface area contributed by atoms with Crippen LogP contribution in [0.4, 0.5) is 0 Å². The Kier molecular flexibility index (Phi) is 2.15. The van der Waals surface area contributed by atoms with Crippen molar-refractivity contribution in [2.75, 3.05) is 13.7 Å². The minimum absolute atomic E-state index is 0.646. The van der Waals surface area contributed by atoms with E-state index in [9.17, 15) is 0 Å². The van der Waals surface area contributed by atoms with E-state index >= 15 is 0 Å². The molecule has 2 heteroatoms. The van der Waals surface area contributed by atoms with Crippen molar-refractivity contribution < 1.29 is 4.74 Å². The van der Waals surface area contributed by atoms with Gasteiger partial charge in [0.2, 0.25) is 0 Å². The molecule has 1 aromatic carbocycles. The fourth-order valence-electron chi connectivity index (χ4n) is 1.61. The molecule has 0 bridgehead atoms. The van der Waals surface area contributed by atoms with Gasteiger partial charge in [0.15, 0.2) is 0 Å². The van der Waals surface area contributed by atoms with E-state index in [4.69, 9.17) is 4.74 Å². The zero-order valence-electron chi connectivity index (χ0n) is 8.00. The van der Waals surface area contributed by atoms with Gasteiger partial charge in [-0.2, -0.15) is 0 Å². The van der Waals surface area contributed by atoms with Crippen LogP contribution in [0.5, 0.6) is 0 Å². The number of aryl methyl sites for hydroxylation is 1. The quantitative estimate of drug-likeness (QED) is 0.590. The number of ether oxygens (including phenoxy) is 1. The first-order chi connectivity index (χ1) is 6.31. The van der Waals surface area contributed by atoms with E-state index in [-0.39, 0.29) is 0 Å². The van der Waals surface area contributed by atoms with Crippen molar-refractivity contribution in [1.29, 1.82) is 0 Å². The van der Waals surface area contributed by atoms with Crippen molar-refractivity contribution in [3.05, 3.63) is 34.9 Å². The summed E-state index contributed by atoms with van der Waals surface area (Å²) in [4.78, 5) is 4.22. The summed E-state index contributed by atoms with van der Waals surface area (Å²) in [5.74, 6) is 0. The van der Waals surface area contributed by atoms with Gasteiger partial charge in [-0.25, -0.2) is 0 Å². The highest BCUT2D eigenvalue weighted by Gasteiger charge is 2.14. The normalized spacial score (nSPS) is 18.8. The zero-order chi connectivity index (χ0) is 9.26. The van der Waals surface area contributed by atoms with E-state index < -0.39 is 0 Å². The van der Waals surface area contributed by atoms with E-state index in [2.05, 4.69) is 30.1 Å². The second kappa shape index (κ2) is 3.30. The highest BCUT2D eigenvalue weighted by Crippen LogP contribution is 2.18. The molecular formula is C11H13NO. The van der Waals surface area contributed by atoms with Gasteiger partial charge in [-0.05, 0) is 18.6 Å². The van der Waals surface area contributed by atoms with E-state index in [0.717, 1.165) is 5.71 Å². The lowest BCUT2D eigenvalue weighted by Gasteiger charge is -2.18. The van der Waals surface area contributed by atoms with Crippen molar-refractivity contribution in [3.63, 3.8) is 0 Å². The molecule has 1 heterocycles. The number of hydrogen-bond donors (Lipinski definition) is 0. The fourth-order valence-corrected chi connectivity index (χ4v) is 1.61. The van der Waals surface area contributed by atoms with E-state index in [1.54, 1.807) is 0 Å². The number of rotatable bonds is 0. The third kappa shape index (κ3) is 1.49. The van der Waals surface area contributed by atoms with Crippen molar-refractivity contribution in [2.45, 2.75) is 13.5 Å². The first-order valence-corrected chi connectivity index (χ1v) is 4.44. The minimum Gasteiger partial charge on any atom is -0.370 e. The van der Waals surface area contributed by atoms with E-state index in [0.29, 0.717) is 13.2 Å². The van der Waals surface area contributed by atoms with Crippen LogP contribution in [0, 0.1) is 6.92 Å². The second-order valence-corrected chi connectivity index (χ2v) is 3.32. The average molecular weight is 175 g/mol. The molecule has 0 aliphatic carbocycles. The summed E-state index contributed by atoms with van der Waals surface area (Å²) in [5, 5.41) is 0. The molecule has 1 aromatic rings. The van der Waals surface area contributed by atoms with Gasteiger partial charge in [-0.15, -0.1) is 0 Å². The van der Waals surface area contributed by atoms with Gasteiger partial charge >= 0.3 is 0 Å². The Bertz CT molecular complexity index is 355. The number of aliphatic imine (C=N–C) groups is 1. The molecule has 0 radical (unpaired) electrons. The molecule has 1 aliphatic rings. The molecule has 0 N–H and O–H groups in total. The Morgan fingerprint density at radius 3 is 2.92 bits per heavy atom. The van der Waals surface area contributed by atoms with Gasteiger partial charge in [-0.1, -0.05) is 17.7 Å². The second-order valence-electron chi connectivity index (χ2n) is 3.32. The van der Waals surface area contributed by atoms with Gasteiger partial charge in [0, 0.05) is 12.6 Å². The van der Waals surface area contributed by atoms with Crippen LogP contribution in [0.15, 0.2) is 23.2 Å². The highest BCUT2D eigenvalue weighted by molar-refractivity contribution is 6.03. The molecule has 68 valence electrons. The van der Waals surface area contributed by atoms with Crippen LogP contribution in [0.25, 0.3) is 0 Å². The standard InChI is InChI=1S/C11H13NO/c1-8-3-4-9-6-13-7-11(12-2)10(9)5-8/h3-5H,6-7H2,1-2H3/b12-11+. The number of fused-ring (bicyclic) bond motifs is 1. The molecule has 0 amide bonds. The smallest absolute Gasteiger partial charge is 0.0894 e. The van der Waals surface area contributed by atoms with Gasteiger partial charge < -0.3 is 4.74 Å². The topological polar surface area (TPSA) is 21.6 Å². The van der Waals surface area contributed by atoms with Gasteiger partial charge in [-0.3, -0.25) is 4.99 Å². The molecule has 0 atom stereocenters. The lowest BCUT2D eigenvalue weighted by Crippen LogP contribution is -2.19. The van der Waals surface area contributed by atoms with Crippen molar-refractivity contribution >= 4 is 5.71 Å². The van der Waals surface area contributed by atoms with Crippen LogP contribution in [0.3, 0.4) is 0 Å². The van der Waals surface area contributed by atoms with Crippen LogP contribution in [-0.4, -0.2) is 19.4 Å². The molecule has 0 spiro atoms. The van der Waals surface area contributed by atoms with Crippen LogP contribution >= 0.6 is 0 Å². The molecule has 0 aromatic heterocycles. The SMILES string of the molecule is C/N=C1\COCc2ccc(C)cc21. The molecule has 13 heavy (non-hydrogen) atoms. The summed E-state index contributed by atoms with van der Waals surface area (Å²) >= 11 is 0. The monoisotopic (exact) mass is 175 g/mol. The molecular weight excluding hydrogens is 162 g/mol. The third-order valence-corrected chi connectivity index (χ3v) is 2.34. The molecule has 2 nitrogen and oxygen atoms in total. The molecule has 0 fully saturated rings. The summed E-state index contributed by atoms with van der Waals surface area (Å²) in [6.45, 7) is 3.46. The van der Waals surface area contributed by atoms with Crippen LogP contribution in [0.1, 0.15) is 16.7 Å². The van der Waals surface area contributed by atoms with Gasteiger partial charge in [0.05, 0.1) is 18.9 Å². The maximum atomic E-state index is 5.41. The predicted octanol–water partition coefficient (Wildman–Crippen LogP) is 1.94. The first-order valence-electron chi connectivity index (χ1n) is 4.44. The Morgan fingerprint density at radius 2 is 2.15 bits per heavy atom. The van der Waals surface area contributed by atoms with E-state index in [1.807, 2.05) is 7.05 Å². The maximum absolute atomic E-state index is 5.41. The Hall–Kier alpha value is -1.15. The Balaban J connectivity index is 2.54. The molecule has 1 aliphatic heterocycles. The molecule has 0 unspecified atom stereocenters. The number of hydrogen-bond acceptors (Lipinski definition) is 2. The summed E-state index contributed by atoms with van der Waals surface area (Å²) < 4.78 is 5.41. The lowest BCUT2D eigenvalue weighted by molar-refractivity contribution is 0.152. The zero-order valence-corrected chi connectivity index (χ0v) is 8.00. The minimum atomic E-state index is 0.646. The highest BCUT2D eigenvalue weighted by atomic mass is 16.5. The average Bonchev–Trinajstić information content (AvgIpc) is 2.17. The van der Waals surface area contributed by atoms with Crippen LogP contribution in [-0.2, 0) is 11.3 Å². The number of benzene rings is 1. The van der Waals surface area contributed by atoms with Gasteiger partial charge in [0.25, 0.3) is 0 Å². The predicted molar refractivity (Wildman–Crippen MR) is 53.3 cm³/mol. The van der Waals surface area contributed by atoms with Crippen molar-refractivity contribution in [3.8, 4) is 0 Å².